The number of hydrogen-bond acceptors (Lipinski definition) is 6. The van der Waals surface area contributed by atoms with Crippen LogP contribution in [0.4, 0.5) is 11.9 Å². The van der Waals surface area contributed by atoms with E-state index in [1.54, 1.807) is 0 Å². The van der Waals surface area contributed by atoms with Crippen LogP contribution < -0.4 is 10.6 Å². The standard InChI is InChI=1S/C16H24N6/c1-21(2)16-19-14(18-15(17)20-16)12-22(3)11-7-10-13-8-5-4-6-9-13/h4-6,8-9H,7,10-12H2,1-3H3,(H2,17,18,19,20). The van der Waals surface area contributed by atoms with E-state index in [1.807, 2.05) is 25.1 Å². The van der Waals surface area contributed by atoms with Gasteiger partial charge in [0.25, 0.3) is 0 Å². The Labute approximate surface area is 132 Å². The molecule has 0 unspecified atom stereocenters. The molecule has 0 aliphatic rings. The van der Waals surface area contributed by atoms with E-state index in [9.17, 15) is 0 Å². The number of rotatable bonds is 7. The predicted octanol–water partition coefficient (Wildman–Crippen LogP) is 1.58. The van der Waals surface area contributed by atoms with Crippen LogP contribution in [0.2, 0.25) is 0 Å². The zero-order valence-electron chi connectivity index (χ0n) is 13.5. The van der Waals surface area contributed by atoms with Crippen LogP contribution in [0.1, 0.15) is 17.8 Å². The molecule has 2 N–H and O–H groups in total. The van der Waals surface area contributed by atoms with Gasteiger partial charge in [0.05, 0.1) is 6.54 Å². The van der Waals surface area contributed by atoms with Crippen molar-refractivity contribution < 1.29 is 0 Å². The third-order valence-corrected chi connectivity index (χ3v) is 3.35. The first-order chi connectivity index (χ1) is 10.5. The van der Waals surface area contributed by atoms with E-state index >= 15 is 0 Å². The van der Waals surface area contributed by atoms with Gasteiger partial charge in [0.15, 0.2) is 0 Å². The van der Waals surface area contributed by atoms with Crippen LogP contribution in [0, 0.1) is 0 Å². The maximum absolute atomic E-state index is 5.74. The molecule has 0 amide bonds. The van der Waals surface area contributed by atoms with Crippen molar-refractivity contribution in [1.29, 1.82) is 0 Å². The molecule has 1 heterocycles. The molecule has 6 nitrogen and oxygen atoms in total. The molecule has 0 saturated heterocycles. The fourth-order valence-electron chi connectivity index (χ4n) is 2.21. The summed E-state index contributed by atoms with van der Waals surface area (Å²) < 4.78 is 0. The van der Waals surface area contributed by atoms with E-state index < -0.39 is 0 Å². The first-order valence-corrected chi connectivity index (χ1v) is 7.45. The molecule has 2 aromatic rings. The fourth-order valence-corrected chi connectivity index (χ4v) is 2.21. The number of nitrogens with zero attached hydrogens (tertiary/aromatic N) is 5. The Kier molecular flexibility index (Phi) is 5.66. The topological polar surface area (TPSA) is 71.2 Å². The van der Waals surface area contributed by atoms with Crippen molar-refractivity contribution in [2.45, 2.75) is 19.4 Å². The first kappa shape index (κ1) is 16.2. The molecule has 22 heavy (non-hydrogen) atoms. The summed E-state index contributed by atoms with van der Waals surface area (Å²) in [4.78, 5) is 16.8. The SMILES string of the molecule is CN(CCCc1ccccc1)Cc1nc(N)nc(N(C)C)n1. The first-order valence-electron chi connectivity index (χ1n) is 7.45. The van der Waals surface area contributed by atoms with Crippen LogP contribution in [0.3, 0.4) is 0 Å². The number of benzene rings is 1. The highest BCUT2D eigenvalue weighted by atomic mass is 15.3. The lowest BCUT2D eigenvalue weighted by Crippen LogP contribution is -2.23. The minimum atomic E-state index is 0.270. The highest BCUT2D eigenvalue weighted by Gasteiger charge is 2.08. The van der Waals surface area contributed by atoms with Crippen molar-refractivity contribution in [2.24, 2.45) is 0 Å². The minimum Gasteiger partial charge on any atom is -0.368 e. The van der Waals surface area contributed by atoms with Crippen LogP contribution in [0.25, 0.3) is 0 Å². The maximum atomic E-state index is 5.74. The van der Waals surface area contributed by atoms with Crippen molar-refractivity contribution in [1.82, 2.24) is 19.9 Å². The average molecular weight is 300 g/mol. The van der Waals surface area contributed by atoms with E-state index in [4.69, 9.17) is 5.73 Å². The number of anilines is 2. The second kappa shape index (κ2) is 7.70. The summed E-state index contributed by atoms with van der Waals surface area (Å²) in [6, 6.07) is 10.5. The highest BCUT2D eigenvalue weighted by molar-refractivity contribution is 5.32. The van der Waals surface area contributed by atoms with Crippen LogP contribution in [0.5, 0.6) is 0 Å². The van der Waals surface area contributed by atoms with Gasteiger partial charge in [0.2, 0.25) is 11.9 Å². The number of aromatic nitrogens is 3. The van der Waals surface area contributed by atoms with Gasteiger partial charge in [-0.1, -0.05) is 30.3 Å². The summed E-state index contributed by atoms with van der Waals surface area (Å²) in [5.41, 5.74) is 7.11. The summed E-state index contributed by atoms with van der Waals surface area (Å²) in [5, 5.41) is 0. The summed E-state index contributed by atoms with van der Waals surface area (Å²) in [7, 11) is 5.85. The monoisotopic (exact) mass is 300 g/mol. The number of hydrogen-bond donors (Lipinski definition) is 1. The van der Waals surface area contributed by atoms with Crippen LogP contribution in [-0.4, -0.2) is 47.5 Å². The maximum Gasteiger partial charge on any atom is 0.229 e. The molecule has 2 rings (SSSR count). The molecular formula is C16H24N6. The molecule has 0 aliphatic carbocycles. The minimum absolute atomic E-state index is 0.270. The predicted molar refractivity (Wildman–Crippen MR) is 89.7 cm³/mol. The van der Waals surface area contributed by atoms with E-state index in [0.717, 1.165) is 19.4 Å². The van der Waals surface area contributed by atoms with E-state index in [0.29, 0.717) is 18.3 Å². The molecule has 0 aliphatic heterocycles. The van der Waals surface area contributed by atoms with Crippen molar-refractivity contribution >= 4 is 11.9 Å². The Balaban J connectivity index is 1.85. The molecule has 0 bridgehead atoms. The van der Waals surface area contributed by atoms with Gasteiger partial charge >= 0.3 is 0 Å². The molecule has 0 saturated carbocycles. The third kappa shape index (κ3) is 4.96. The Bertz CT molecular complexity index is 584. The second-order valence-electron chi connectivity index (χ2n) is 5.63. The highest BCUT2D eigenvalue weighted by Crippen LogP contribution is 2.08. The molecule has 0 radical (unpaired) electrons. The van der Waals surface area contributed by atoms with Gasteiger partial charge in [-0.25, -0.2) is 0 Å². The lowest BCUT2D eigenvalue weighted by atomic mass is 10.1. The molecule has 0 spiro atoms. The van der Waals surface area contributed by atoms with Gasteiger partial charge in [-0.2, -0.15) is 15.0 Å². The number of nitrogen functional groups attached to an aromatic ring is 1. The Morgan fingerprint density at radius 2 is 1.73 bits per heavy atom. The zero-order chi connectivity index (χ0) is 15.9. The number of aryl methyl sites for hydroxylation is 1. The van der Waals surface area contributed by atoms with Gasteiger partial charge in [-0.05, 0) is 32.0 Å². The van der Waals surface area contributed by atoms with Gasteiger partial charge in [-0.15, -0.1) is 0 Å². The van der Waals surface area contributed by atoms with Crippen molar-refractivity contribution in [2.75, 3.05) is 38.3 Å². The van der Waals surface area contributed by atoms with Crippen LogP contribution in [-0.2, 0) is 13.0 Å². The van der Waals surface area contributed by atoms with Crippen molar-refractivity contribution in [3.05, 3.63) is 41.7 Å². The summed E-state index contributed by atoms with van der Waals surface area (Å²) in [5.74, 6) is 1.57. The lowest BCUT2D eigenvalue weighted by molar-refractivity contribution is 0.314. The molecular weight excluding hydrogens is 276 g/mol. The van der Waals surface area contributed by atoms with Crippen LogP contribution >= 0.6 is 0 Å². The zero-order valence-corrected chi connectivity index (χ0v) is 13.5. The van der Waals surface area contributed by atoms with E-state index in [2.05, 4.69) is 51.2 Å². The lowest BCUT2D eigenvalue weighted by Gasteiger charge is -2.17. The van der Waals surface area contributed by atoms with Crippen molar-refractivity contribution in [3.63, 3.8) is 0 Å². The summed E-state index contributed by atoms with van der Waals surface area (Å²) in [6.07, 6.45) is 2.18. The van der Waals surface area contributed by atoms with Gasteiger partial charge in [0.1, 0.15) is 5.82 Å². The Hall–Kier alpha value is -2.21. The largest absolute Gasteiger partial charge is 0.368 e. The normalized spacial score (nSPS) is 10.9. The third-order valence-electron chi connectivity index (χ3n) is 3.35. The summed E-state index contributed by atoms with van der Waals surface area (Å²) >= 11 is 0. The van der Waals surface area contributed by atoms with Crippen molar-refractivity contribution in [3.8, 4) is 0 Å². The van der Waals surface area contributed by atoms with Gasteiger partial charge in [0, 0.05) is 14.1 Å². The van der Waals surface area contributed by atoms with Gasteiger partial charge < -0.3 is 10.6 Å². The van der Waals surface area contributed by atoms with E-state index in [-0.39, 0.29) is 5.95 Å². The Morgan fingerprint density at radius 3 is 2.41 bits per heavy atom. The Morgan fingerprint density at radius 1 is 1.00 bits per heavy atom. The average Bonchev–Trinajstić information content (AvgIpc) is 2.47. The molecule has 1 aromatic carbocycles. The van der Waals surface area contributed by atoms with E-state index in [1.165, 1.54) is 5.56 Å². The molecule has 1 aromatic heterocycles. The molecule has 118 valence electrons. The molecule has 0 fully saturated rings. The summed E-state index contributed by atoms with van der Waals surface area (Å²) in [6.45, 7) is 1.65. The quantitative estimate of drug-likeness (QED) is 0.837. The molecule has 0 atom stereocenters. The second-order valence-corrected chi connectivity index (χ2v) is 5.63. The fraction of sp³-hybridized carbons (Fsp3) is 0.438. The van der Waals surface area contributed by atoms with Crippen LogP contribution in [0.15, 0.2) is 30.3 Å². The number of nitrogens with two attached hydrogens (primary N) is 1. The smallest absolute Gasteiger partial charge is 0.229 e. The molecule has 6 heteroatoms. The van der Waals surface area contributed by atoms with Gasteiger partial charge in [-0.3, -0.25) is 4.90 Å².